The first kappa shape index (κ1) is 25.0. The molecule has 0 radical (unpaired) electrons. The number of rotatable bonds is 7. The third-order valence-electron chi connectivity index (χ3n) is 7.56. The Kier molecular flexibility index (Phi) is 7.81. The second-order valence-electron chi connectivity index (χ2n) is 9.99. The summed E-state index contributed by atoms with van der Waals surface area (Å²) < 4.78 is 0. The number of fused-ring (bicyclic) bond motifs is 1. The van der Waals surface area contributed by atoms with Gasteiger partial charge in [0.15, 0.2) is 0 Å². The molecule has 2 amide bonds. The quantitative estimate of drug-likeness (QED) is 0.417. The summed E-state index contributed by atoms with van der Waals surface area (Å²) in [4.78, 5) is 32.2. The van der Waals surface area contributed by atoms with Crippen LogP contribution in [0.3, 0.4) is 0 Å². The zero-order valence-electron chi connectivity index (χ0n) is 21.6. The summed E-state index contributed by atoms with van der Waals surface area (Å²) in [5.41, 5.74) is 5.35. The second-order valence-corrected chi connectivity index (χ2v) is 9.99. The zero-order valence-corrected chi connectivity index (χ0v) is 21.6. The van der Waals surface area contributed by atoms with Crippen molar-refractivity contribution in [1.82, 2.24) is 4.90 Å². The Morgan fingerprint density at radius 2 is 1.62 bits per heavy atom. The number of benzene rings is 3. The number of carbonyl (C=O) groups excluding carboxylic acids is 2. The molecule has 2 aliphatic rings. The first-order valence-corrected chi connectivity index (χ1v) is 13.3. The molecule has 0 saturated carbocycles. The summed E-state index contributed by atoms with van der Waals surface area (Å²) in [6, 6.07) is 26.8. The Morgan fingerprint density at radius 3 is 2.32 bits per heavy atom. The van der Waals surface area contributed by atoms with Crippen molar-refractivity contribution in [2.24, 2.45) is 0 Å². The molecule has 0 bridgehead atoms. The molecule has 0 aromatic heterocycles. The van der Waals surface area contributed by atoms with Crippen LogP contribution < -0.4 is 9.80 Å². The van der Waals surface area contributed by atoms with Crippen molar-refractivity contribution in [3.8, 4) is 0 Å². The van der Waals surface area contributed by atoms with E-state index < -0.39 is 0 Å². The first-order valence-electron chi connectivity index (χ1n) is 13.3. The van der Waals surface area contributed by atoms with E-state index in [1.54, 1.807) is 13.0 Å². The van der Waals surface area contributed by atoms with Gasteiger partial charge in [-0.15, -0.1) is 0 Å². The summed E-state index contributed by atoms with van der Waals surface area (Å²) >= 11 is 0. The number of nitrogens with zero attached hydrogens (tertiary/aromatic N) is 3. The van der Waals surface area contributed by atoms with Gasteiger partial charge in [0, 0.05) is 56.6 Å². The van der Waals surface area contributed by atoms with Crippen molar-refractivity contribution in [2.75, 3.05) is 36.0 Å². The number of hydrogen-bond acceptors (Lipinski definition) is 3. The highest BCUT2D eigenvalue weighted by Gasteiger charge is 2.30. The van der Waals surface area contributed by atoms with Gasteiger partial charge in [0.05, 0.1) is 0 Å². The van der Waals surface area contributed by atoms with Crippen LogP contribution in [0.4, 0.5) is 11.4 Å². The van der Waals surface area contributed by atoms with E-state index in [9.17, 15) is 9.59 Å². The van der Waals surface area contributed by atoms with Crippen LogP contribution in [-0.2, 0) is 22.4 Å². The molecule has 1 saturated heterocycles. The maximum absolute atomic E-state index is 13.7. The van der Waals surface area contributed by atoms with E-state index in [1.807, 2.05) is 52.3 Å². The monoisotopic (exact) mass is 493 g/mol. The highest BCUT2D eigenvalue weighted by Crippen LogP contribution is 2.34. The third kappa shape index (κ3) is 6.00. The fourth-order valence-corrected chi connectivity index (χ4v) is 5.51. The van der Waals surface area contributed by atoms with Crippen molar-refractivity contribution in [2.45, 2.75) is 38.6 Å². The Morgan fingerprint density at radius 1 is 0.919 bits per heavy atom. The highest BCUT2D eigenvalue weighted by atomic mass is 16.2. The summed E-state index contributed by atoms with van der Waals surface area (Å²) in [5.74, 6) is 0.0309. The SMILES string of the molecule is CC(=O)N1CCc2ccc(N(C(=O)C=Cc3ccccc3)C3CCN(CCc4ccccc4)CC3)cc21. The summed E-state index contributed by atoms with van der Waals surface area (Å²) in [6.07, 6.45) is 7.32. The number of anilines is 2. The molecule has 5 rings (SSSR count). The maximum Gasteiger partial charge on any atom is 0.251 e. The molecular weight excluding hydrogens is 458 g/mol. The van der Waals surface area contributed by atoms with Gasteiger partial charge < -0.3 is 14.7 Å². The van der Waals surface area contributed by atoms with Crippen LogP contribution in [0.5, 0.6) is 0 Å². The number of amides is 2. The molecule has 2 aliphatic heterocycles. The molecule has 2 heterocycles. The fourth-order valence-electron chi connectivity index (χ4n) is 5.51. The van der Waals surface area contributed by atoms with Crippen LogP contribution in [0.2, 0.25) is 0 Å². The summed E-state index contributed by atoms with van der Waals surface area (Å²) in [7, 11) is 0. The Bertz CT molecular complexity index is 1250. The number of piperidine rings is 1. The lowest BCUT2D eigenvalue weighted by atomic mass is 10.0. The normalized spacial score (nSPS) is 16.2. The van der Waals surface area contributed by atoms with E-state index in [2.05, 4.69) is 47.4 Å². The van der Waals surface area contributed by atoms with E-state index in [-0.39, 0.29) is 17.9 Å². The third-order valence-corrected chi connectivity index (χ3v) is 7.56. The van der Waals surface area contributed by atoms with E-state index in [1.165, 1.54) is 11.1 Å². The molecule has 5 heteroatoms. The van der Waals surface area contributed by atoms with Crippen LogP contribution >= 0.6 is 0 Å². The predicted molar refractivity (Wildman–Crippen MR) is 151 cm³/mol. The van der Waals surface area contributed by atoms with Gasteiger partial charge in [-0.1, -0.05) is 66.7 Å². The van der Waals surface area contributed by atoms with Gasteiger partial charge in [0.2, 0.25) is 5.91 Å². The topological polar surface area (TPSA) is 43.9 Å². The van der Waals surface area contributed by atoms with Crippen LogP contribution in [0.25, 0.3) is 6.08 Å². The molecule has 1 fully saturated rings. The first-order chi connectivity index (χ1) is 18.1. The van der Waals surface area contributed by atoms with Crippen LogP contribution in [-0.4, -0.2) is 48.9 Å². The number of likely N-dealkylation sites (tertiary alicyclic amines) is 1. The minimum absolute atomic E-state index is 0.0149. The van der Waals surface area contributed by atoms with Gasteiger partial charge in [0.25, 0.3) is 5.91 Å². The molecule has 0 aliphatic carbocycles. The van der Waals surface area contributed by atoms with E-state index in [0.717, 1.165) is 62.3 Å². The van der Waals surface area contributed by atoms with Crippen molar-refractivity contribution in [1.29, 1.82) is 0 Å². The molecule has 3 aromatic carbocycles. The lowest BCUT2D eigenvalue weighted by Crippen LogP contribution is -2.47. The van der Waals surface area contributed by atoms with E-state index in [0.29, 0.717) is 6.54 Å². The van der Waals surface area contributed by atoms with Crippen LogP contribution in [0.15, 0.2) is 84.9 Å². The van der Waals surface area contributed by atoms with Gasteiger partial charge in [0.1, 0.15) is 0 Å². The standard InChI is InChI=1S/C32H35N3O2/c1-25(36)34-23-17-28-13-14-30(24-31(28)34)35(32(37)15-12-26-8-4-2-5-9-26)29-18-21-33(22-19-29)20-16-27-10-6-3-7-11-27/h2-15,24,29H,16-23H2,1H3. The zero-order chi connectivity index (χ0) is 25.6. The van der Waals surface area contributed by atoms with Crippen molar-refractivity contribution in [3.63, 3.8) is 0 Å². The largest absolute Gasteiger partial charge is 0.312 e. The van der Waals surface area contributed by atoms with Gasteiger partial charge in [-0.25, -0.2) is 0 Å². The average Bonchev–Trinajstić information content (AvgIpc) is 3.37. The molecule has 0 spiro atoms. The minimum Gasteiger partial charge on any atom is -0.312 e. The molecule has 5 nitrogen and oxygen atoms in total. The van der Waals surface area contributed by atoms with Crippen molar-refractivity contribution < 1.29 is 9.59 Å². The van der Waals surface area contributed by atoms with Gasteiger partial charge in [-0.2, -0.15) is 0 Å². The molecule has 0 unspecified atom stereocenters. The van der Waals surface area contributed by atoms with Crippen LogP contribution in [0, 0.1) is 0 Å². The lowest BCUT2D eigenvalue weighted by Gasteiger charge is -2.38. The van der Waals surface area contributed by atoms with Gasteiger partial charge in [-0.3, -0.25) is 9.59 Å². The maximum atomic E-state index is 13.7. The molecule has 0 N–H and O–H groups in total. The average molecular weight is 494 g/mol. The predicted octanol–water partition coefficient (Wildman–Crippen LogP) is 5.35. The number of hydrogen-bond donors (Lipinski definition) is 0. The second kappa shape index (κ2) is 11.6. The lowest BCUT2D eigenvalue weighted by molar-refractivity contribution is -0.116. The molecule has 3 aromatic rings. The number of carbonyl (C=O) groups is 2. The summed E-state index contributed by atoms with van der Waals surface area (Å²) in [6.45, 7) is 5.28. The molecule has 190 valence electrons. The van der Waals surface area contributed by atoms with Crippen molar-refractivity contribution >= 4 is 29.3 Å². The van der Waals surface area contributed by atoms with E-state index >= 15 is 0 Å². The minimum atomic E-state index is -0.0149. The smallest absolute Gasteiger partial charge is 0.251 e. The Balaban J connectivity index is 1.34. The van der Waals surface area contributed by atoms with Gasteiger partial charge in [-0.05, 0) is 60.6 Å². The fraction of sp³-hybridized carbons (Fsp3) is 0.312. The molecule has 37 heavy (non-hydrogen) atoms. The Hall–Kier alpha value is -3.70. The van der Waals surface area contributed by atoms with Gasteiger partial charge >= 0.3 is 0 Å². The highest BCUT2D eigenvalue weighted by molar-refractivity contribution is 6.05. The summed E-state index contributed by atoms with van der Waals surface area (Å²) in [5, 5.41) is 0. The van der Waals surface area contributed by atoms with Crippen molar-refractivity contribution in [3.05, 3.63) is 102 Å². The molecule has 0 atom stereocenters. The Labute approximate surface area is 220 Å². The van der Waals surface area contributed by atoms with Crippen LogP contribution in [0.1, 0.15) is 36.5 Å². The van der Waals surface area contributed by atoms with E-state index in [4.69, 9.17) is 0 Å². The molecular formula is C32H35N3O2.